The summed E-state index contributed by atoms with van der Waals surface area (Å²) in [5, 5.41) is 3.07. The molecule has 3 aromatic rings. The maximum Gasteiger partial charge on any atom is 0.263 e. The zero-order valence-electron chi connectivity index (χ0n) is 22.6. The number of rotatable bonds is 9. The largest absolute Gasteiger partial charge is 0.497 e. The number of carbonyl (C=O) groups excluding carboxylic acids is 2. The molecule has 4 rings (SSSR count). The molecule has 10 nitrogen and oxygen atoms in total. The highest BCUT2D eigenvalue weighted by Crippen LogP contribution is 2.24. The molecule has 1 aliphatic heterocycles. The van der Waals surface area contributed by atoms with Crippen LogP contribution < -0.4 is 20.5 Å². The standard InChI is InChI=1S/C28H36N6O4/c1-19(2)30-24(35)18-34-27(20-9-8-10-22(15-20)38-4)31-26-23(28(34)37)16-21(17-29-26)32(3)25(36)11-14-33-12-6-5-7-13-33/h8-10,15-17,19H,5-7,11-14,18H2,1-4H3,(H,30,35). The Morgan fingerprint density at radius 3 is 2.63 bits per heavy atom. The highest BCUT2D eigenvalue weighted by atomic mass is 16.5. The third kappa shape index (κ3) is 6.36. The van der Waals surface area contributed by atoms with Crippen molar-refractivity contribution in [2.45, 2.75) is 52.1 Å². The summed E-state index contributed by atoms with van der Waals surface area (Å²) < 4.78 is 6.69. The summed E-state index contributed by atoms with van der Waals surface area (Å²) in [5.41, 5.74) is 0.963. The highest BCUT2D eigenvalue weighted by molar-refractivity contribution is 5.94. The lowest BCUT2D eigenvalue weighted by molar-refractivity contribution is -0.122. The van der Waals surface area contributed by atoms with Crippen molar-refractivity contribution in [3.63, 3.8) is 0 Å². The Morgan fingerprint density at radius 1 is 1.16 bits per heavy atom. The fraction of sp³-hybridized carbons (Fsp3) is 0.464. The van der Waals surface area contributed by atoms with E-state index < -0.39 is 5.56 Å². The number of hydrogen-bond donors (Lipinski definition) is 1. The molecule has 2 aromatic heterocycles. The van der Waals surface area contributed by atoms with Crippen LogP contribution in [0, 0.1) is 0 Å². The summed E-state index contributed by atoms with van der Waals surface area (Å²) in [4.78, 5) is 52.3. The third-order valence-corrected chi connectivity index (χ3v) is 6.73. The Bertz CT molecular complexity index is 1360. The van der Waals surface area contributed by atoms with E-state index in [4.69, 9.17) is 4.74 Å². The minimum Gasteiger partial charge on any atom is -0.497 e. The van der Waals surface area contributed by atoms with E-state index in [9.17, 15) is 14.4 Å². The number of pyridine rings is 1. The number of ether oxygens (including phenoxy) is 1. The smallest absolute Gasteiger partial charge is 0.263 e. The Balaban J connectivity index is 1.69. The van der Waals surface area contributed by atoms with Gasteiger partial charge in [0.25, 0.3) is 5.56 Å². The van der Waals surface area contributed by atoms with E-state index in [0.29, 0.717) is 35.8 Å². The number of nitrogens with zero attached hydrogens (tertiary/aromatic N) is 5. The number of anilines is 1. The van der Waals surface area contributed by atoms with Crippen LogP contribution in [0.2, 0.25) is 0 Å². The number of amides is 2. The SMILES string of the molecule is COc1cccc(-c2nc3ncc(N(C)C(=O)CCN4CCCCC4)cc3c(=O)n2CC(=O)NC(C)C)c1. The normalized spacial score (nSPS) is 14.0. The summed E-state index contributed by atoms with van der Waals surface area (Å²) in [5.74, 6) is 0.561. The lowest BCUT2D eigenvalue weighted by Crippen LogP contribution is -2.37. The predicted octanol–water partition coefficient (Wildman–Crippen LogP) is 2.83. The molecule has 0 radical (unpaired) electrons. The van der Waals surface area contributed by atoms with E-state index in [0.717, 1.165) is 13.1 Å². The van der Waals surface area contributed by atoms with Crippen LogP contribution >= 0.6 is 0 Å². The molecule has 1 N–H and O–H groups in total. The van der Waals surface area contributed by atoms with Gasteiger partial charge in [0.15, 0.2) is 5.65 Å². The number of nitrogens with one attached hydrogen (secondary N) is 1. The van der Waals surface area contributed by atoms with E-state index in [1.807, 2.05) is 13.8 Å². The molecule has 1 aliphatic rings. The van der Waals surface area contributed by atoms with Gasteiger partial charge >= 0.3 is 0 Å². The molecule has 2 amide bonds. The Hall–Kier alpha value is -3.79. The molecule has 10 heteroatoms. The molecule has 0 atom stereocenters. The van der Waals surface area contributed by atoms with Crippen molar-refractivity contribution in [3.05, 3.63) is 46.9 Å². The van der Waals surface area contributed by atoms with Gasteiger partial charge in [0.2, 0.25) is 11.8 Å². The van der Waals surface area contributed by atoms with E-state index >= 15 is 0 Å². The number of carbonyl (C=O) groups is 2. The van der Waals surface area contributed by atoms with Gasteiger partial charge in [-0.2, -0.15) is 0 Å². The molecule has 202 valence electrons. The van der Waals surface area contributed by atoms with Crippen LogP contribution in [0.4, 0.5) is 5.69 Å². The first-order valence-electron chi connectivity index (χ1n) is 13.1. The van der Waals surface area contributed by atoms with E-state index in [1.165, 1.54) is 28.7 Å². The van der Waals surface area contributed by atoms with Crippen molar-refractivity contribution in [3.8, 4) is 17.1 Å². The summed E-state index contributed by atoms with van der Waals surface area (Å²) >= 11 is 0. The molecule has 0 unspecified atom stereocenters. The third-order valence-electron chi connectivity index (χ3n) is 6.73. The zero-order valence-corrected chi connectivity index (χ0v) is 22.6. The quantitative estimate of drug-likeness (QED) is 0.462. The summed E-state index contributed by atoms with van der Waals surface area (Å²) in [6.45, 7) is 6.28. The Kier molecular flexibility index (Phi) is 8.73. The number of piperidine rings is 1. The molecular formula is C28H36N6O4. The molecule has 38 heavy (non-hydrogen) atoms. The van der Waals surface area contributed by atoms with E-state index in [-0.39, 0.29) is 35.4 Å². The second kappa shape index (κ2) is 12.2. The van der Waals surface area contributed by atoms with E-state index in [1.54, 1.807) is 50.7 Å². The minimum absolute atomic E-state index is 0.0469. The van der Waals surface area contributed by atoms with Crippen molar-refractivity contribution in [2.24, 2.45) is 0 Å². The first kappa shape index (κ1) is 27.3. The molecule has 0 aliphatic carbocycles. The van der Waals surface area contributed by atoms with Crippen LogP contribution in [-0.4, -0.2) is 71.1 Å². The number of hydrogen-bond acceptors (Lipinski definition) is 7. The number of methoxy groups -OCH3 is 1. The lowest BCUT2D eigenvalue weighted by Gasteiger charge is -2.27. The molecule has 0 spiro atoms. The fourth-order valence-corrected chi connectivity index (χ4v) is 4.67. The minimum atomic E-state index is -0.407. The molecule has 0 saturated carbocycles. The zero-order chi connectivity index (χ0) is 27.2. The van der Waals surface area contributed by atoms with E-state index in [2.05, 4.69) is 20.2 Å². The molecule has 1 saturated heterocycles. The van der Waals surface area contributed by atoms with Crippen molar-refractivity contribution in [1.29, 1.82) is 0 Å². The summed E-state index contributed by atoms with van der Waals surface area (Å²) in [7, 11) is 3.25. The van der Waals surface area contributed by atoms with Gasteiger partial charge in [-0.15, -0.1) is 0 Å². The molecule has 1 aromatic carbocycles. The number of benzene rings is 1. The van der Waals surface area contributed by atoms with Gasteiger partial charge in [-0.25, -0.2) is 9.97 Å². The van der Waals surface area contributed by atoms with Gasteiger partial charge in [-0.05, 0) is 58.0 Å². The van der Waals surface area contributed by atoms with Gasteiger partial charge in [0.05, 0.1) is 24.4 Å². The van der Waals surface area contributed by atoms with Crippen molar-refractivity contribution in [1.82, 2.24) is 24.8 Å². The maximum atomic E-state index is 13.7. The van der Waals surface area contributed by atoms with Crippen molar-refractivity contribution < 1.29 is 14.3 Å². The first-order valence-corrected chi connectivity index (χ1v) is 13.1. The van der Waals surface area contributed by atoms with Gasteiger partial charge in [0, 0.05) is 31.6 Å². The molecule has 1 fully saturated rings. The van der Waals surface area contributed by atoms with Crippen LogP contribution in [0.1, 0.15) is 39.5 Å². The van der Waals surface area contributed by atoms with Gasteiger partial charge in [0.1, 0.15) is 18.1 Å². The van der Waals surface area contributed by atoms with Crippen molar-refractivity contribution in [2.75, 3.05) is 38.7 Å². The average Bonchev–Trinajstić information content (AvgIpc) is 2.92. The second-order valence-electron chi connectivity index (χ2n) is 9.95. The maximum absolute atomic E-state index is 13.7. The van der Waals surface area contributed by atoms with Gasteiger partial charge < -0.3 is 19.9 Å². The molecular weight excluding hydrogens is 484 g/mol. The van der Waals surface area contributed by atoms with Gasteiger partial charge in [-0.3, -0.25) is 19.0 Å². The predicted molar refractivity (Wildman–Crippen MR) is 147 cm³/mol. The summed E-state index contributed by atoms with van der Waals surface area (Å²) in [6, 6.07) is 8.70. The lowest BCUT2D eigenvalue weighted by atomic mass is 10.1. The number of aromatic nitrogens is 3. The molecule has 3 heterocycles. The first-order chi connectivity index (χ1) is 18.3. The van der Waals surface area contributed by atoms with Crippen molar-refractivity contribution >= 4 is 28.5 Å². The van der Waals surface area contributed by atoms with Crippen LogP contribution in [0.3, 0.4) is 0 Å². The fourth-order valence-electron chi connectivity index (χ4n) is 4.67. The Labute approximate surface area is 222 Å². The highest BCUT2D eigenvalue weighted by Gasteiger charge is 2.20. The van der Waals surface area contributed by atoms with Crippen LogP contribution in [-0.2, 0) is 16.1 Å². The molecule has 0 bridgehead atoms. The summed E-state index contributed by atoms with van der Waals surface area (Å²) in [6.07, 6.45) is 5.53. The van der Waals surface area contributed by atoms with Crippen LogP contribution in [0.5, 0.6) is 5.75 Å². The second-order valence-corrected chi connectivity index (χ2v) is 9.95. The topological polar surface area (TPSA) is 110 Å². The van der Waals surface area contributed by atoms with Crippen LogP contribution in [0.25, 0.3) is 22.4 Å². The number of likely N-dealkylation sites (tertiary alicyclic amines) is 1. The van der Waals surface area contributed by atoms with Gasteiger partial charge in [-0.1, -0.05) is 18.6 Å². The monoisotopic (exact) mass is 520 g/mol. The average molecular weight is 521 g/mol. The number of fused-ring (bicyclic) bond motifs is 1. The Morgan fingerprint density at radius 2 is 1.92 bits per heavy atom. The van der Waals surface area contributed by atoms with Crippen LogP contribution in [0.15, 0.2) is 41.3 Å².